The Kier molecular flexibility index (Phi) is 12.0. The Morgan fingerprint density at radius 3 is 2.09 bits per heavy atom. The molecule has 0 aromatic rings. The number of urea groups is 1. The maximum atomic E-state index is 14.3. The van der Waals surface area contributed by atoms with Gasteiger partial charge >= 0.3 is 6.03 Å². The summed E-state index contributed by atoms with van der Waals surface area (Å²) in [6.45, 7) is 23.1. The normalized spacial score (nSPS) is 22.2. The number of rotatable bonds is 13. The van der Waals surface area contributed by atoms with Crippen molar-refractivity contribution in [1.82, 2.24) is 31.1 Å². The van der Waals surface area contributed by atoms with E-state index in [1.807, 2.05) is 48.5 Å². The van der Waals surface area contributed by atoms with Crippen LogP contribution in [0.1, 0.15) is 82.1 Å². The molecule has 1 unspecified atom stereocenters. The Labute approximate surface area is 268 Å². The molecule has 6 atom stereocenters. The van der Waals surface area contributed by atoms with Gasteiger partial charge in [0.25, 0.3) is 5.91 Å². The molecule has 1 aliphatic carbocycles. The zero-order valence-corrected chi connectivity index (χ0v) is 29.1. The van der Waals surface area contributed by atoms with Crippen molar-refractivity contribution >= 4 is 35.4 Å². The smallest absolute Gasteiger partial charge is 0.315 e. The molecule has 2 rings (SSSR count). The molecule has 0 spiro atoms. The average molecular weight is 633 g/mol. The summed E-state index contributed by atoms with van der Waals surface area (Å²) in [5, 5.41) is 11.1. The number of amides is 6. The molecule has 1 saturated heterocycles. The van der Waals surface area contributed by atoms with Gasteiger partial charge in [-0.05, 0) is 34.5 Å². The Hall–Kier alpha value is -3.44. The minimum atomic E-state index is -1.03. The van der Waals surface area contributed by atoms with Crippen LogP contribution in [-0.4, -0.2) is 96.1 Å². The van der Waals surface area contributed by atoms with Crippen LogP contribution in [0.5, 0.6) is 0 Å². The number of nitrogens with one attached hydrogen (secondary N) is 4. The maximum Gasteiger partial charge on any atom is 0.315 e. The summed E-state index contributed by atoms with van der Waals surface area (Å²) < 4.78 is 0. The number of ketones is 1. The third-order valence-electron chi connectivity index (χ3n) is 9.33. The van der Waals surface area contributed by atoms with Crippen molar-refractivity contribution in [3.8, 4) is 0 Å². The van der Waals surface area contributed by atoms with Gasteiger partial charge in [0.2, 0.25) is 23.5 Å². The number of piperidine rings is 1. The first kappa shape index (κ1) is 37.7. The van der Waals surface area contributed by atoms with Crippen LogP contribution in [0, 0.1) is 28.1 Å². The zero-order valence-electron chi connectivity index (χ0n) is 29.1. The Morgan fingerprint density at radius 2 is 1.60 bits per heavy atom. The maximum absolute atomic E-state index is 14.3. The van der Waals surface area contributed by atoms with Crippen LogP contribution in [0.25, 0.3) is 0 Å². The second-order valence-electron chi connectivity index (χ2n) is 15.3. The third kappa shape index (κ3) is 9.07. The first-order valence-corrected chi connectivity index (χ1v) is 15.9. The van der Waals surface area contributed by atoms with Gasteiger partial charge < -0.3 is 31.1 Å². The van der Waals surface area contributed by atoms with Gasteiger partial charge in [0, 0.05) is 33.6 Å². The van der Waals surface area contributed by atoms with Gasteiger partial charge in [-0.15, -0.1) is 6.58 Å². The van der Waals surface area contributed by atoms with E-state index in [-0.39, 0.29) is 48.1 Å². The molecule has 45 heavy (non-hydrogen) atoms. The summed E-state index contributed by atoms with van der Waals surface area (Å²) in [6.07, 6.45) is 2.28. The van der Waals surface area contributed by atoms with Gasteiger partial charge in [0.1, 0.15) is 12.1 Å². The Morgan fingerprint density at radius 1 is 1.00 bits per heavy atom. The summed E-state index contributed by atoms with van der Waals surface area (Å²) in [5.41, 5.74) is -1.29. The third-order valence-corrected chi connectivity index (χ3v) is 9.33. The lowest BCUT2D eigenvalue weighted by Gasteiger charge is -2.39. The number of Topliss-reactive ketones (excluding diaryl/α,β-unsaturated/α-hetero) is 1. The van der Waals surface area contributed by atoms with Gasteiger partial charge in [-0.2, -0.15) is 0 Å². The Bertz CT molecular complexity index is 1170. The van der Waals surface area contributed by atoms with Crippen LogP contribution in [0.4, 0.5) is 4.79 Å². The number of carbonyl (C=O) groups is 6. The number of likely N-dealkylation sites (tertiary alicyclic amines) is 1. The molecule has 1 aliphatic heterocycles. The highest BCUT2D eigenvalue weighted by atomic mass is 16.2. The van der Waals surface area contributed by atoms with E-state index in [0.29, 0.717) is 13.0 Å². The van der Waals surface area contributed by atoms with Crippen LogP contribution in [0.15, 0.2) is 12.7 Å². The second kappa shape index (κ2) is 14.3. The molecule has 4 N–H and O–H groups in total. The minimum absolute atomic E-state index is 0.0789. The quantitative estimate of drug-likeness (QED) is 0.180. The first-order chi connectivity index (χ1) is 20.6. The van der Waals surface area contributed by atoms with Gasteiger partial charge in [-0.1, -0.05) is 74.8 Å². The van der Waals surface area contributed by atoms with Gasteiger partial charge in [0.05, 0.1) is 12.1 Å². The highest BCUT2D eigenvalue weighted by Gasteiger charge is 2.70. The van der Waals surface area contributed by atoms with Crippen molar-refractivity contribution in [2.24, 2.45) is 28.1 Å². The van der Waals surface area contributed by atoms with Crippen molar-refractivity contribution in [2.75, 3.05) is 26.7 Å². The lowest BCUT2D eigenvalue weighted by atomic mass is 9.85. The van der Waals surface area contributed by atoms with E-state index in [1.54, 1.807) is 7.05 Å². The molecule has 12 nitrogen and oxygen atoms in total. The predicted octanol–water partition coefficient (Wildman–Crippen LogP) is 2.23. The topological polar surface area (TPSA) is 157 Å². The summed E-state index contributed by atoms with van der Waals surface area (Å²) in [7, 11) is 1.67. The van der Waals surface area contributed by atoms with E-state index in [0.717, 1.165) is 0 Å². The van der Waals surface area contributed by atoms with Crippen molar-refractivity contribution < 1.29 is 28.8 Å². The van der Waals surface area contributed by atoms with Crippen molar-refractivity contribution in [2.45, 2.75) is 106 Å². The molecule has 1 saturated carbocycles. The molecule has 0 aromatic carbocycles. The summed E-state index contributed by atoms with van der Waals surface area (Å²) in [5.74, 6) is -2.61. The highest BCUT2D eigenvalue weighted by molar-refractivity contribution is 6.38. The summed E-state index contributed by atoms with van der Waals surface area (Å²) in [6, 6.07) is -3.82. The largest absolute Gasteiger partial charge is 0.346 e. The second-order valence-corrected chi connectivity index (χ2v) is 15.3. The monoisotopic (exact) mass is 632 g/mol. The predicted molar refractivity (Wildman–Crippen MR) is 173 cm³/mol. The fraction of sp³-hybridized carbons (Fsp3) is 0.758. The average Bonchev–Trinajstić information content (AvgIpc) is 3.23. The van der Waals surface area contributed by atoms with Crippen LogP contribution in [0.3, 0.4) is 0 Å². The molecule has 12 heteroatoms. The van der Waals surface area contributed by atoms with E-state index >= 15 is 0 Å². The van der Waals surface area contributed by atoms with E-state index in [1.165, 1.54) is 22.8 Å². The molecule has 254 valence electrons. The number of hydrogen-bond acceptors (Lipinski definition) is 6. The summed E-state index contributed by atoms with van der Waals surface area (Å²) >= 11 is 0. The van der Waals surface area contributed by atoms with Crippen LogP contribution in [0.2, 0.25) is 0 Å². The standard InChI is InChI=1S/C33H56N6O6/c1-13-15-21(25(41)28(43)34-16-14-2)35-27(42)24-23-20(33(23,10)11)17-39(24)29(44)26(32(7,8)9)37-30(45)36-22(31(4,5)6)18-38(12)19(3)40/h14,20-24,26H,2,13,15-18H2,1,3-12H3,(H,34,43)(H,35,42)(H2,36,37,45)/t20-,21?,22+,23-,24-,26+/m0/s1. The number of fused-ring (bicyclic) bond motifs is 1. The van der Waals surface area contributed by atoms with E-state index in [4.69, 9.17) is 0 Å². The SMILES string of the molecule is C=CCNC(=O)C(=O)C(CCC)NC(=O)[C@@H]1[C@@H]2[C@H](CN1C(=O)[C@@H](NC(=O)N[C@H](CN(C)C(C)=O)C(C)(C)C)C(C)(C)C)C2(C)C. The van der Waals surface area contributed by atoms with Gasteiger partial charge in [0.15, 0.2) is 0 Å². The Balaban J connectivity index is 2.32. The lowest BCUT2D eigenvalue weighted by molar-refractivity contribution is -0.145. The number of likely N-dealkylation sites (N-methyl/N-ethyl adjacent to an activating group) is 1. The van der Waals surface area contributed by atoms with Gasteiger partial charge in [-0.25, -0.2) is 4.79 Å². The molecule has 6 amide bonds. The zero-order chi connectivity index (χ0) is 34.7. The molecule has 0 aromatic heterocycles. The molecular formula is C33H56N6O6. The molecule has 1 heterocycles. The van der Waals surface area contributed by atoms with E-state index in [2.05, 4.69) is 41.7 Å². The fourth-order valence-corrected chi connectivity index (χ4v) is 6.12. The van der Waals surface area contributed by atoms with E-state index in [9.17, 15) is 28.8 Å². The van der Waals surface area contributed by atoms with Crippen LogP contribution >= 0.6 is 0 Å². The number of hydrogen-bond donors (Lipinski definition) is 4. The molecular weight excluding hydrogens is 576 g/mol. The summed E-state index contributed by atoms with van der Waals surface area (Å²) in [4.78, 5) is 81.8. The molecule has 2 aliphatic rings. The number of carbonyl (C=O) groups excluding carboxylic acids is 6. The van der Waals surface area contributed by atoms with Crippen molar-refractivity contribution in [1.29, 1.82) is 0 Å². The number of nitrogens with zero attached hydrogens (tertiary/aromatic N) is 2. The molecule has 0 radical (unpaired) electrons. The molecule has 2 fully saturated rings. The van der Waals surface area contributed by atoms with E-state index < -0.39 is 59.1 Å². The van der Waals surface area contributed by atoms with Gasteiger partial charge in [-0.3, -0.25) is 24.0 Å². The van der Waals surface area contributed by atoms with Crippen molar-refractivity contribution in [3.63, 3.8) is 0 Å². The lowest BCUT2D eigenvalue weighted by Crippen LogP contribution is -2.62. The van der Waals surface area contributed by atoms with Crippen molar-refractivity contribution in [3.05, 3.63) is 12.7 Å². The van der Waals surface area contributed by atoms with Crippen LogP contribution < -0.4 is 21.3 Å². The fourth-order valence-electron chi connectivity index (χ4n) is 6.12. The van der Waals surface area contributed by atoms with Crippen LogP contribution in [-0.2, 0) is 24.0 Å². The molecule has 0 bridgehead atoms. The highest BCUT2D eigenvalue weighted by Crippen LogP contribution is 2.65. The minimum Gasteiger partial charge on any atom is -0.346 e. The first-order valence-electron chi connectivity index (χ1n) is 15.9.